The molecule has 3 aromatic rings. The highest BCUT2D eigenvalue weighted by Crippen LogP contribution is 2.43. The lowest BCUT2D eigenvalue weighted by Gasteiger charge is -2.42. The molecule has 12 heteroatoms. The van der Waals surface area contributed by atoms with E-state index in [1.807, 2.05) is 11.8 Å². The van der Waals surface area contributed by atoms with Crippen molar-refractivity contribution in [3.05, 3.63) is 53.2 Å². The SMILES string of the molecule is C=C(C)N1CCN(c2nc(OCCCN3CCC(F)(F)C3)nc3c(F)c(-c4c(O)cccc4F)c(Cl)cc23)CC1C. The van der Waals surface area contributed by atoms with Crippen molar-refractivity contribution in [2.75, 3.05) is 50.8 Å². The van der Waals surface area contributed by atoms with Gasteiger partial charge in [0.05, 0.1) is 23.7 Å². The van der Waals surface area contributed by atoms with Crippen molar-refractivity contribution in [2.24, 2.45) is 0 Å². The summed E-state index contributed by atoms with van der Waals surface area (Å²) in [5.41, 5.74) is 0.112. The standard InChI is InChI=1S/C29H32ClF4N5O2/c1-17(2)39-12-11-38(15-18(39)3)27-19-14-20(30)23(24-21(31)6-4-7-22(24)40)25(32)26(19)35-28(36-27)41-13-5-9-37-10-8-29(33,34)16-37/h4,6-7,14,18,40H,1,5,8-13,15-16H2,2-3H3. The molecule has 3 heterocycles. The molecule has 2 saturated heterocycles. The Morgan fingerprint density at radius 1 is 1.20 bits per heavy atom. The molecule has 2 fully saturated rings. The number of alkyl halides is 2. The molecule has 0 amide bonds. The molecule has 0 radical (unpaired) electrons. The Labute approximate surface area is 241 Å². The maximum absolute atomic E-state index is 16.2. The van der Waals surface area contributed by atoms with E-state index in [4.69, 9.17) is 16.3 Å². The highest BCUT2D eigenvalue weighted by molar-refractivity contribution is 6.34. The third kappa shape index (κ3) is 6.01. The topological polar surface area (TPSA) is 65.0 Å². The zero-order valence-corrected chi connectivity index (χ0v) is 23.7. The molecule has 2 aliphatic heterocycles. The van der Waals surface area contributed by atoms with E-state index in [2.05, 4.69) is 28.4 Å². The number of fused-ring (bicyclic) bond motifs is 1. The normalized spacial score (nSPS) is 19.2. The maximum Gasteiger partial charge on any atom is 0.319 e. The minimum Gasteiger partial charge on any atom is -0.507 e. The van der Waals surface area contributed by atoms with Crippen molar-refractivity contribution in [1.29, 1.82) is 0 Å². The van der Waals surface area contributed by atoms with Crippen LogP contribution >= 0.6 is 11.6 Å². The van der Waals surface area contributed by atoms with E-state index < -0.39 is 23.3 Å². The van der Waals surface area contributed by atoms with E-state index >= 15 is 4.39 Å². The van der Waals surface area contributed by atoms with Crippen LogP contribution in [0.15, 0.2) is 36.5 Å². The summed E-state index contributed by atoms with van der Waals surface area (Å²) in [7, 11) is 0. The summed E-state index contributed by atoms with van der Waals surface area (Å²) in [5, 5.41) is 10.6. The van der Waals surface area contributed by atoms with Crippen molar-refractivity contribution in [3.8, 4) is 22.9 Å². The van der Waals surface area contributed by atoms with Gasteiger partial charge in [-0.2, -0.15) is 9.97 Å². The lowest BCUT2D eigenvalue weighted by molar-refractivity contribution is 0.0118. The molecule has 1 unspecified atom stereocenters. The molecule has 1 atom stereocenters. The number of rotatable bonds is 8. The van der Waals surface area contributed by atoms with Crippen LogP contribution in [0.1, 0.15) is 26.7 Å². The number of hydrogen-bond donors (Lipinski definition) is 1. The Kier molecular flexibility index (Phi) is 8.20. The van der Waals surface area contributed by atoms with Crippen LogP contribution in [0.5, 0.6) is 11.8 Å². The maximum atomic E-state index is 16.2. The lowest BCUT2D eigenvalue weighted by Crippen LogP contribution is -2.51. The fourth-order valence-corrected chi connectivity index (χ4v) is 5.91. The molecule has 1 aromatic heterocycles. The molecule has 0 bridgehead atoms. The number of allylic oxidation sites excluding steroid dienone is 1. The van der Waals surface area contributed by atoms with Gasteiger partial charge in [0.25, 0.3) is 5.92 Å². The third-order valence-electron chi connectivity index (χ3n) is 7.60. The van der Waals surface area contributed by atoms with Crippen LogP contribution in [0.25, 0.3) is 22.0 Å². The van der Waals surface area contributed by atoms with Gasteiger partial charge >= 0.3 is 6.01 Å². The largest absolute Gasteiger partial charge is 0.507 e. The molecular formula is C29H32ClF4N5O2. The predicted octanol–water partition coefficient (Wildman–Crippen LogP) is 6.09. The number of phenols is 1. The van der Waals surface area contributed by atoms with E-state index in [1.165, 1.54) is 18.2 Å². The molecule has 220 valence electrons. The van der Waals surface area contributed by atoms with Crippen molar-refractivity contribution in [1.82, 2.24) is 19.8 Å². The smallest absolute Gasteiger partial charge is 0.319 e. The van der Waals surface area contributed by atoms with Gasteiger partial charge in [0.2, 0.25) is 0 Å². The number of piperazine rings is 1. The number of aromatic nitrogens is 2. The first kappa shape index (κ1) is 29.2. The average molecular weight is 594 g/mol. The van der Waals surface area contributed by atoms with Crippen LogP contribution < -0.4 is 9.64 Å². The van der Waals surface area contributed by atoms with Crippen molar-refractivity contribution in [3.63, 3.8) is 0 Å². The van der Waals surface area contributed by atoms with Crippen molar-refractivity contribution >= 4 is 28.3 Å². The molecule has 0 saturated carbocycles. The first-order valence-corrected chi connectivity index (χ1v) is 13.9. The number of anilines is 1. The number of aromatic hydroxyl groups is 1. The second-order valence-electron chi connectivity index (χ2n) is 10.7. The highest BCUT2D eigenvalue weighted by Gasteiger charge is 2.37. The van der Waals surface area contributed by atoms with Crippen molar-refractivity contribution < 1.29 is 27.4 Å². The first-order valence-electron chi connectivity index (χ1n) is 13.5. The van der Waals surface area contributed by atoms with Gasteiger partial charge in [-0.05, 0) is 38.5 Å². The average Bonchev–Trinajstić information content (AvgIpc) is 3.26. The monoisotopic (exact) mass is 593 g/mol. The highest BCUT2D eigenvalue weighted by atomic mass is 35.5. The minimum atomic E-state index is -2.67. The summed E-state index contributed by atoms with van der Waals surface area (Å²) in [5.74, 6) is -4.50. The molecule has 41 heavy (non-hydrogen) atoms. The Hall–Kier alpha value is -3.31. The van der Waals surface area contributed by atoms with Gasteiger partial charge in [0.1, 0.15) is 22.9 Å². The van der Waals surface area contributed by atoms with E-state index in [-0.39, 0.29) is 53.3 Å². The number of ether oxygens (including phenoxy) is 1. The fraction of sp³-hybridized carbons (Fsp3) is 0.448. The lowest BCUT2D eigenvalue weighted by atomic mass is 10.0. The summed E-state index contributed by atoms with van der Waals surface area (Å²) in [6.07, 6.45) is 0.280. The number of hydrogen-bond acceptors (Lipinski definition) is 7. The van der Waals surface area contributed by atoms with E-state index in [0.29, 0.717) is 50.3 Å². The van der Waals surface area contributed by atoms with Gasteiger partial charge in [0, 0.05) is 61.8 Å². The van der Waals surface area contributed by atoms with Crippen molar-refractivity contribution in [2.45, 2.75) is 38.7 Å². The van der Waals surface area contributed by atoms with Crippen LogP contribution in [0, 0.1) is 11.6 Å². The Morgan fingerprint density at radius 3 is 2.63 bits per heavy atom. The first-order chi connectivity index (χ1) is 19.4. The molecule has 5 rings (SSSR count). The second kappa shape index (κ2) is 11.5. The van der Waals surface area contributed by atoms with E-state index in [1.54, 1.807) is 4.90 Å². The van der Waals surface area contributed by atoms with Gasteiger partial charge in [-0.25, -0.2) is 17.6 Å². The van der Waals surface area contributed by atoms with Crippen LogP contribution in [0.3, 0.4) is 0 Å². The summed E-state index contributed by atoms with van der Waals surface area (Å²) in [6, 6.07) is 5.12. The molecule has 1 N–H and O–H groups in total. The minimum absolute atomic E-state index is 0.0872. The van der Waals surface area contributed by atoms with Crippen LogP contribution in [-0.2, 0) is 0 Å². The number of likely N-dealkylation sites (tertiary alicyclic amines) is 1. The molecular weight excluding hydrogens is 562 g/mol. The van der Waals surface area contributed by atoms with Gasteiger partial charge < -0.3 is 19.6 Å². The molecule has 2 aromatic carbocycles. The number of benzene rings is 2. The number of halogens is 5. The van der Waals surface area contributed by atoms with Crippen LogP contribution in [-0.4, -0.2) is 82.7 Å². The zero-order chi connectivity index (χ0) is 29.5. The predicted molar refractivity (Wildman–Crippen MR) is 151 cm³/mol. The van der Waals surface area contributed by atoms with E-state index in [9.17, 15) is 18.3 Å². The second-order valence-corrected chi connectivity index (χ2v) is 11.1. The van der Waals surface area contributed by atoms with Gasteiger partial charge in [-0.1, -0.05) is 24.2 Å². The summed E-state index contributed by atoms with van der Waals surface area (Å²) < 4.78 is 63.8. The van der Waals surface area contributed by atoms with E-state index in [0.717, 1.165) is 11.8 Å². The summed E-state index contributed by atoms with van der Waals surface area (Å²) >= 11 is 6.51. The zero-order valence-electron chi connectivity index (χ0n) is 22.9. The fourth-order valence-electron chi connectivity index (χ4n) is 5.62. The molecule has 2 aliphatic rings. The van der Waals surface area contributed by atoms with Crippen LogP contribution in [0.4, 0.5) is 23.4 Å². The molecule has 0 spiro atoms. The Balaban J connectivity index is 1.51. The molecule has 0 aliphatic carbocycles. The number of nitrogens with zero attached hydrogens (tertiary/aromatic N) is 5. The third-order valence-corrected chi connectivity index (χ3v) is 7.90. The van der Waals surface area contributed by atoms with Crippen LogP contribution in [0.2, 0.25) is 5.02 Å². The quantitative estimate of drug-likeness (QED) is 0.251. The summed E-state index contributed by atoms with van der Waals surface area (Å²) in [6.45, 7) is 10.4. The van der Waals surface area contributed by atoms with Gasteiger partial charge in [-0.15, -0.1) is 0 Å². The van der Waals surface area contributed by atoms with Gasteiger partial charge in [0.15, 0.2) is 5.82 Å². The Bertz CT molecular complexity index is 1450. The van der Waals surface area contributed by atoms with Gasteiger partial charge in [-0.3, -0.25) is 4.90 Å². The summed E-state index contributed by atoms with van der Waals surface area (Å²) in [4.78, 5) is 14.8. The molecule has 7 nitrogen and oxygen atoms in total. The number of phenolic OH excluding ortho intramolecular Hbond substituents is 1. The Morgan fingerprint density at radius 2 is 1.98 bits per heavy atom.